The summed E-state index contributed by atoms with van der Waals surface area (Å²) < 4.78 is 34.9. The molecule has 6 fully saturated rings. The molecule has 316 valence electrons. The van der Waals surface area contributed by atoms with Gasteiger partial charge < -0.3 is 84.6 Å². The Balaban J connectivity index is 1.17. The van der Waals surface area contributed by atoms with E-state index < -0.39 is 129 Å². The summed E-state index contributed by atoms with van der Waals surface area (Å²) in [6, 6.07) is 0. The van der Waals surface area contributed by atoms with E-state index in [1.807, 2.05) is 6.92 Å². The van der Waals surface area contributed by atoms with Gasteiger partial charge in [0.1, 0.15) is 73.2 Å². The molecule has 0 aromatic heterocycles. The molecule has 3 aliphatic heterocycles. The van der Waals surface area contributed by atoms with E-state index in [9.17, 15) is 61.0 Å². The number of carbonyl (C=O) groups excluding carboxylic acids is 1. The summed E-state index contributed by atoms with van der Waals surface area (Å²) in [5.74, 6) is -0.429. The summed E-state index contributed by atoms with van der Waals surface area (Å²) in [5, 5.41) is 113. The van der Waals surface area contributed by atoms with Crippen molar-refractivity contribution in [2.45, 2.75) is 163 Å². The van der Waals surface area contributed by atoms with E-state index in [4.69, 9.17) is 28.4 Å². The van der Waals surface area contributed by atoms with Crippen LogP contribution in [0.3, 0.4) is 0 Å². The van der Waals surface area contributed by atoms with Crippen LogP contribution in [0.15, 0.2) is 12.2 Å². The molecule has 21 atom stereocenters. The highest BCUT2D eigenvalue weighted by Gasteiger charge is 2.61. The van der Waals surface area contributed by atoms with E-state index in [-0.39, 0.29) is 23.2 Å². The van der Waals surface area contributed by atoms with Gasteiger partial charge >= 0.3 is 5.97 Å². The lowest BCUT2D eigenvalue weighted by Crippen LogP contribution is -2.65. The number of esters is 1. The van der Waals surface area contributed by atoms with E-state index in [1.165, 1.54) is 0 Å². The fraction of sp³-hybridized carbons (Fsp3) is 0.919. The van der Waals surface area contributed by atoms with Crippen LogP contribution in [0.4, 0.5) is 0 Å². The van der Waals surface area contributed by atoms with Crippen molar-refractivity contribution in [1.82, 2.24) is 0 Å². The average Bonchev–Trinajstić information content (AvgIpc) is 3.32. The Hall–Kier alpha value is -1.43. The van der Waals surface area contributed by atoms with Crippen molar-refractivity contribution in [1.29, 1.82) is 0 Å². The first-order valence-corrected chi connectivity index (χ1v) is 19.4. The van der Waals surface area contributed by atoms with Gasteiger partial charge in [-0.2, -0.15) is 0 Å². The van der Waals surface area contributed by atoms with E-state index in [2.05, 4.69) is 13.5 Å². The standard InChI is InChI=1S/C37H60O18/c1-15-11-16-5-8-22-36(2,9-4-10-37(22,3)35(49)55-33-30(48)27(45)24(42)20(13-39)52-33)17(16)6-7-18(15)50-34-31(28(46)25(43)21(14-40)53-34)54-32-29(47)26(44)23(41)19(12-38)51-32/h16-34,38-48H,1,4-14H2,2-3H3/t16?,17-,18?,19?,20?,21?,22?,23?,24?,25?,26?,27?,28?,29?,30?,31?,32?,33?,34?,36+,37-/m1/s1. The summed E-state index contributed by atoms with van der Waals surface area (Å²) in [6.45, 7) is 6.36. The predicted octanol–water partition coefficient (Wildman–Crippen LogP) is -3.08. The zero-order valence-corrected chi connectivity index (χ0v) is 31.2. The lowest BCUT2D eigenvalue weighted by molar-refractivity contribution is -0.370. The molecule has 0 radical (unpaired) electrons. The molecule has 3 aliphatic carbocycles. The summed E-state index contributed by atoms with van der Waals surface area (Å²) in [6.07, 6.45) is -19.0. The van der Waals surface area contributed by atoms with E-state index in [0.717, 1.165) is 18.4 Å². The second-order valence-corrected chi connectivity index (χ2v) is 16.9. The molecule has 11 N–H and O–H groups in total. The molecule has 6 rings (SSSR count). The fourth-order valence-electron chi connectivity index (χ4n) is 10.6. The lowest BCUT2D eigenvalue weighted by atomic mass is 9.45. The number of ether oxygens (including phenoxy) is 6. The number of carbonyl (C=O) groups is 1. The van der Waals surface area contributed by atoms with Gasteiger partial charge in [0.2, 0.25) is 6.29 Å². The van der Waals surface area contributed by atoms with Gasteiger partial charge in [-0.3, -0.25) is 4.79 Å². The van der Waals surface area contributed by atoms with Crippen molar-refractivity contribution in [3.63, 3.8) is 0 Å². The third-order valence-corrected chi connectivity index (χ3v) is 13.7. The Kier molecular flexibility index (Phi) is 13.4. The summed E-state index contributed by atoms with van der Waals surface area (Å²) >= 11 is 0. The molecule has 55 heavy (non-hydrogen) atoms. The largest absolute Gasteiger partial charge is 0.432 e. The number of hydrogen-bond acceptors (Lipinski definition) is 18. The minimum absolute atomic E-state index is 0.113. The highest BCUT2D eigenvalue weighted by molar-refractivity contribution is 5.77. The van der Waals surface area contributed by atoms with E-state index in [0.29, 0.717) is 38.5 Å². The lowest BCUT2D eigenvalue weighted by Gasteiger charge is -2.59. The first-order chi connectivity index (χ1) is 26.0. The summed E-state index contributed by atoms with van der Waals surface area (Å²) in [7, 11) is 0. The molecular weight excluding hydrogens is 732 g/mol. The Labute approximate surface area is 319 Å². The molecular formula is C37H60O18. The van der Waals surface area contributed by atoms with Crippen molar-refractivity contribution >= 4 is 5.97 Å². The summed E-state index contributed by atoms with van der Waals surface area (Å²) in [5.41, 5.74) is -0.568. The maximum absolute atomic E-state index is 14.0. The molecule has 0 spiro atoms. The van der Waals surface area contributed by atoms with Gasteiger partial charge in [0.05, 0.1) is 31.3 Å². The van der Waals surface area contributed by atoms with Crippen molar-refractivity contribution in [2.24, 2.45) is 28.6 Å². The second-order valence-electron chi connectivity index (χ2n) is 16.9. The van der Waals surface area contributed by atoms with Crippen molar-refractivity contribution in [3.8, 4) is 0 Å². The quantitative estimate of drug-likeness (QED) is 0.0815. The van der Waals surface area contributed by atoms with Gasteiger partial charge in [-0.05, 0) is 80.6 Å². The predicted molar refractivity (Wildman–Crippen MR) is 184 cm³/mol. The van der Waals surface area contributed by atoms with Crippen LogP contribution >= 0.6 is 0 Å². The number of aliphatic hydroxyl groups is 11. The molecule has 18 unspecified atom stereocenters. The van der Waals surface area contributed by atoms with Crippen LogP contribution in [0.25, 0.3) is 0 Å². The zero-order chi connectivity index (χ0) is 40.1. The van der Waals surface area contributed by atoms with Crippen LogP contribution in [0, 0.1) is 28.6 Å². The molecule has 3 saturated heterocycles. The maximum Gasteiger partial charge on any atom is 0.314 e. The smallest absolute Gasteiger partial charge is 0.314 e. The Bertz CT molecular complexity index is 1330. The van der Waals surface area contributed by atoms with Gasteiger partial charge in [0, 0.05) is 0 Å². The third-order valence-electron chi connectivity index (χ3n) is 13.7. The molecule has 18 heteroatoms. The Morgan fingerprint density at radius 3 is 1.82 bits per heavy atom. The molecule has 0 bridgehead atoms. The molecule has 0 amide bonds. The SMILES string of the molecule is C=C1CC2CCC3[C@](C)(C(=O)OC4OC(CO)C(O)C(O)C4O)CCC[C@@]3(C)[C@@H]2CCC1OC1OC(CO)C(O)C(O)C1OC1OC(CO)C(O)C(O)C1O. The summed E-state index contributed by atoms with van der Waals surface area (Å²) in [4.78, 5) is 14.0. The van der Waals surface area contributed by atoms with Crippen LogP contribution in [-0.4, -0.2) is 180 Å². The average molecular weight is 793 g/mol. The normalized spacial score (nSPS) is 52.1. The van der Waals surface area contributed by atoms with Gasteiger partial charge in [0.15, 0.2) is 12.6 Å². The van der Waals surface area contributed by atoms with Crippen LogP contribution in [0.2, 0.25) is 0 Å². The first-order valence-electron chi connectivity index (χ1n) is 19.4. The van der Waals surface area contributed by atoms with Gasteiger partial charge in [-0.25, -0.2) is 0 Å². The fourth-order valence-corrected chi connectivity index (χ4v) is 10.6. The van der Waals surface area contributed by atoms with E-state index in [1.54, 1.807) is 0 Å². The maximum atomic E-state index is 14.0. The molecule has 3 saturated carbocycles. The topological polar surface area (TPSA) is 295 Å². The first kappa shape index (κ1) is 43.2. The van der Waals surface area contributed by atoms with E-state index >= 15 is 0 Å². The molecule has 18 nitrogen and oxygen atoms in total. The van der Waals surface area contributed by atoms with Crippen molar-refractivity contribution < 1.29 is 89.4 Å². The number of aliphatic hydroxyl groups excluding tert-OH is 11. The van der Waals surface area contributed by atoms with Crippen LogP contribution in [-0.2, 0) is 33.2 Å². The van der Waals surface area contributed by atoms with Crippen LogP contribution < -0.4 is 0 Å². The van der Waals surface area contributed by atoms with Gasteiger partial charge in [-0.15, -0.1) is 0 Å². The molecule has 6 aliphatic rings. The third kappa shape index (κ3) is 7.89. The zero-order valence-electron chi connectivity index (χ0n) is 31.2. The van der Waals surface area contributed by atoms with Crippen molar-refractivity contribution in [3.05, 3.63) is 12.2 Å². The Morgan fingerprint density at radius 1 is 0.673 bits per heavy atom. The second kappa shape index (κ2) is 17.0. The van der Waals surface area contributed by atoms with Gasteiger partial charge in [0.25, 0.3) is 0 Å². The van der Waals surface area contributed by atoms with Crippen LogP contribution in [0.1, 0.15) is 65.2 Å². The monoisotopic (exact) mass is 792 g/mol. The number of fused-ring (bicyclic) bond motifs is 3. The van der Waals surface area contributed by atoms with Crippen molar-refractivity contribution in [2.75, 3.05) is 19.8 Å². The minimum Gasteiger partial charge on any atom is -0.432 e. The minimum atomic E-state index is -1.81. The molecule has 0 aromatic rings. The highest BCUT2D eigenvalue weighted by Crippen LogP contribution is 2.64. The number of hydrogen-bond donors (Lipinski definition) is 11. The number of rotatable bonds is 9. The molecule has 0 aromatic carbocycles. The van der Waals surface area contributed by atoms with Crippen LogP contribution in [0.5, 0.6) is 0 Å². The Morgan fingerprint density at radius 2 is 1.22 bits per heavy atom. The highest BCUT2D eigenvalue weighted by atomic mass is 16.8. The molecule has 3 heterocycles. The van der Waals surface area contributed by atoms with Gasteiger partial charge in [-0.1, -0.05) is 19.9 Å².